The Labute approximate surface area is 226 Å². The van der Waals surface area contributed by atoms with Gasteiger partial charge in [-0.25, -0.2) is 8.78 Å². The van der Waals surface area contributed by atoms with E-state index in [0.717, 1.165) is 33.1 Å². The highest BCUT2D eigenvalue weighted by molar-refractivity contribution is 6.34. The van der Waals surface area contributed by atoms with Crippen LogP contribution in [0.15, 0.2) is 36.4 Å². The van der Waals surface area contributed by atoms with Crippen LogP contribution < -0.4 is 20.7 Å². The molecular weight excluding hydrogens is 549 g/mol. The molecule has 3 amide bonds. The third-order valence-corrected chi connectivity index (χ3v) is 6.62. The van der Waals surface area contributed by atoms with Crippen molar-refractivity contribution in [3.63, 3.8) is 0 Å². The fraction of sp³-hybridized carbons (Fsp3) is 0.423. The molecule has 0 saturated heterocycles. The van der Waals surface area contributed by atoms with Gasteiger partial charge in [0.15, 0.2) is 0 Å². The summed E-state index contributed by atoms with van der Waals surface area (Å²) < 4.78 is 69.8. The Morgan fingerprint density at radius 3 is 2.31 bits per heavy atom. The molecule has 1 aliphatic rings. The molecule has 0 aromatic heterocycles. The van der Waals surface area contributed by atoms with Crippen molar-refractivity contribution in [3.8, 4) is 5.75 Å². The molecule has 1 saturated carbocycles. The molecule has 3 rings (SSSR count). The first-order chi connectivity index (χ1) is 18.2. The Kier molecular flexibility index (Phi) is 9.42. The fourth-order valence-corrected chi connectivity index (χ4v) is 3.67. The number of nitrogens with one attached hydrogen (secondary N) is 3. The number of ether oxygens (including phenoxy) is 1. The Morgan fingerprint density at radius 2 is 1.72 bits per heavy atom. The van der Waals surface area contributed by atoms with Gasteiger partial charge in [-0.2, -0.15) is 13.2 Å². The summed E-state index contributed by atoms with van der Waals surface area (Å²) in [4.78, 5) is 37.8. The zero-order valence-corrected chi connectivity index (χ0v) is 21.8. The maximum atomic E-state index is 13.1. The van der Waals surface area contributed by atoms with Gasteiger partial charge in [0.1, 0.15) is 17.8 Å². The normalized spacial score (nSPS) is 14.0. The van der Waals surface area contributed by atoms with Crippen molar-refractivity contribution in [2.45, 2.75) is 58.3 Å². The van der Waals surface area contributed by atoms with Gasteiger partial charge in [-0.1, -0.05) is 17.7 Å². The van der Waals surface area contributed by atoms with Gasteiger partial charge in [0, 0.05) is 18.3 Å². The number of rotatable bonds is 10. The SMILES string of the molecule is CC(C)(C(=O)NCc1ccc(Cl)c(C(=O)Nc2ccc(OCC(F)F)c(C(=O)NC3CCC3)c2)c1)C(F)(F)F. The van der Waals surface area contributed by atoms with Crippen molar-refractivity contribution in [2.75, 3.05) is 11.9 Å². The third-order valence-electron chi connectivity index (χ3n) is 6.29. The average Bonchev–Trinajstić information content (AvgIpc) is 2.83. The van der Waals surface area contributed by atoms with E-state index in [1.165, 1.54) is 36.4 Å². The van der Waals surface area contributed by atoms with Crippen LogP contribution in [0.5, 0.6) is 5.75 Å². The second kappa shape index (κ2) is 12.2. The summed E-state index contributed by atoms with van der Waals surface area (Å²) in [6.07, 6.45) is -4.97. The summed E-state index contributed by atoms with van der Waals surface area (Å²) in [5, 5.41) is 7.58. The van der Waals surface area contributed by atoms with Crippen molar-refractivity contribution in [2.24, 2.45) is 5.41 Å². The van der Waals surface area contributed by atoms with Crippen molar-refractivity contribution < 1.29 is 41.1 Å². The summed E-state index contributed by atoms with van der Waals surface area (Å²) >= 11 is 6.16. The van der Waals surface area contributed by atoms with E-state index < -0.39 is 42.3 Å². The molecule has 0 heterocycles. The minimum absolute atomic E-state index is 0.0260. The number of amides is 3. The lowest BCUT2D eigenvalue weighted by Gasteiger charge is -2.26. The quantitative estimate of drug-likeness (QED) is 0.316. The second-order valence-corrected chi connectivity index (χ2v) is 10.00. The van der Waals surface area contributed by atoms with Gasteiger partial charge in [-0.05, 0) is 69.0 Å². The Bertz CT molecular complexity index is 1230. The maximum Gasteiger partial charge on any atom is 0.402 e. The molecule has 13 heteroatoms. The number of halogens is 6. The van der Waals surface area contributed by atoms with Crippen LogP contribution in [-0.4, -0.2) is 43.0 Å². The number of hydrogen-bond donors (Lipinski definition) is 3. The molecule has 2 aromatic carbocycles. The summed E-state index contributed by atoms with van der Waals surface area (Å²) in [6, 6.07) is 7.98. The van der Waals surface area contributed by atoms with Crippen molar-refractivity contribution in [3.05, 3.63) is 58.1 Å². The third kappa shape index (κ3) is 7.59. The molecule has 0 aliphatic heterocycles. The fourth-order valence-electron chi connectivity index (χ4n) is 3.47. The topological polar surface area (TPSA) is 96.5 Å². The number of anilines is 1. The predicted octanol–water partition coefficient (Wildman–Crippen LogP) is 5.72. The largest absolute Gasteiger partial charge is 0.487 e. The molecule has 7 nitrogen and oxygen atoms in total. The van der Waals surface area contributed by atoms with Gasteiger partial charge in [-0.3, -0.25) is 14.4 Å². The van der Waals surface area contributed by atoms with E-state index in [9.17, 15) is 36.3 Å². The monoisotopic (exact) mass is 575 g/mol. The highest BCUT2D eigenvalue weighted by Crippen LogP contribution is 2.37. The Balaban J connectivity index is 1.76. The number of alkyl halides is 5. The molecule has 3 N–H and O–H groups in total. The summed E-state index contributed by atoms with van der Waals surface area (Å²) in [7, 11) is 0. The van der Waals surface area contributed by atoms with Gasteiger partial charge in [-0.15, -0.1) is 0 Å². The van der Waals surface area contributed by atoms with E-state index in [1.54, 1.807) is 0 Å². The van der Waals surface area contributed by atoms with Crippen LogP contribution in [0.3, 0.4) is 0 Å². The zero-order valence-electron chi connectivity index (χ0n) is 21.1. The second-order valence-electron chi connectivity index (χ2n) is 9.59. The Hall–Kier alpha value is -3.41. The lowest BCUT2D eigenvalue weighted by Crippen LogP contribution is -2.46. The molecule has 0 spiro atoms. The first-order valence-corrected chi connectivity index (χ1v) is 12.4. The van der Waals surface area contributed by atoms with Crippen molar-refractivity contribution >= 4 is 35.0 Å². The smallest absolute Gasteiger partial charge is 0.402 e. The summed E-state index contributed by atoms with van der Waals surface area (Å²) in [6.45, 7) is 0.299. The van der Waals surface area contributed by atoms with E-state index in [1.807, 2.05) is 0 Å². The van der Waals surface area contributed by atoms with Gasteiger partial charge in [0.05, 0.1) is 16.1 Å². The van der Waals surface area contributed by atoms with E-state index in [2.05, 4.69) is 16.0 Å². The van der Waals surface area contributed by atoms with Gasteiger partial charge in [0.2, 0.25) is 5.91 Å². The lowest BCUT2D eigenvalue weighted by atomic mass is 9.91. The molecule has 1 aliphatic carbocycles. The average molecular weight is 576 g/mol. The van der Waals surface area contributed by atoms with E-state index in [0.29, 0.717) is 5.56 Å². The van der Waals surface area contributed by atoms with Crippen molar-refractivity contribution in [1.82, 2.24) is 10.6 Å². The number of carbonyl (C=O) groups excluding carboxylic acids is 3. The highest BCUT2D eigenvalue weighted by Gasteiger charge is 2.52. The highest BCUT2D eigenvalue weighted by atomic mass is 35.5. The van der Waals surface area contributed by atoms with E-state index in [-0.39, 0.29) is 40.2 Å². The molecule has 0 radical (unpaired) electrons. The van der Waals surface area contributed by atoms with E-state index in [4.69, 9.17) is 16.3 Å². The molecule has 0 atom stereocenters. The predicted molar refractivity (Wildman–Crippen MR) is 134 cm³/mol. The van der Waals surface area contributed by atoms with Crippen LogP contribution in [0.25, 0.3) is 0 Å². The minimum atomic E-state index is -4.75. The van der Waals surface area contributed by atoms with Gasteiger partial charge >= 0.3 is 6.18 Å². The number of hydrogen-bond acceptors (Lipinski definition) is 4. The van der Waals surface area contributed by atoms with Gasteiger partial charge < -0.3 is 20.7 Å². The van der Waals surface area contributed by atoms with Gasteiger partial charge in [0.25, 0.3) is 18.2 Å². The molecule has 0 unspecified atom stereocenters. The lowest BCUT2D eigenvalue weighted by molar-refractivity contribution is -0.211. The van der Waals surface area contributed by atoms with Crippen LogP contribution in [0, 0.1) is 5.41 Å². The van der Waals surface area contributed by atoms with E-state index >= 15 is 0 Å². The minimum Gasteiger partial charge on any atom is -0.487 e. The van der Waals surface area contributed by atoms with Crippen LogP contribution in [-0.2, 0) is 11.3 Å². The molecule has 39 heavy (non-hydrogen) atoms. The van der Waals surface area contributed by atoms with Crippen LogP contribution in [0.1, 0.15) is 59.4 Å². The molecule has 212 valence electrons. The molecular formula is C26H27ClF5N3O4. The molecule has 2 aromatic rings. The summed E-state index contributed by atoms with van der Waals surface area (Å²) in [5.41, 5.74) is -2.25. The Morgan fingerprint density at radius 1 is 1.03 bits per heavy atom. The first kappa shape index (κ1) is 30.1. The van der Waals surface area contributed by atoms with Crippen LogP contribution in [0.4, 0.5) is 27.6 Å². The molecule has 1 fully saturated rings. The number of carbonyl (C=O) groups is 3. The van der Waals surface area contributed by atoms with Crippen molar-refractivity contribution in [1.29, 1.82) is 0 Å². The molecule has 0 bridgehead atoms. The first-order valence-electron chi connectivity index (χ1n) is 12.0. The zero-order chi connectivity index (χ0) is 29.0. The maximum absolute atomic E-state index is 13.1. The standard InChI is InChI=1S/C26H27ClF5N3O4/c1-25(2,26(30,31)32)24(38)33-12-14-6-8-19(27)17(10-14)22(36)35-16-7-9-20(39-13-21(28)29)18(11-16)23(37)34-15-4-3-5-15/h6-11,15,21H,3-5,12-13H2,1-2H3,(H,33,38)(H,34,37)(H,35,36). The van der Waals surface area contributed by atoms with Crippen LogP contribution in [0.2, 0.25) is 5.02 Å². The van der Waals surface area contributed by atoms with Crippen LogP contribution >= 0.6 is 11.6 Å². The summed E-state index contributed by atoms with van der Waals surface area (Å²) in [5.74, 6) is -2.58. The number of benzene rings is 2.